The first-order valence-electron chi connectivity index (χ1n) is 9.84. The Morgan fingerprint density at radius 1 is 0.933 bits per heavy atom. The second-order valence-corrected chi connectivity index (χ2v) is 9.15. The number of carbonyl (C=O) groups excluding carboxylic acids is 1. The molecule has 0 spiro atoms. The van der Waals surface area contributed by atoms with Crippen LogP contribution in [0.1, 0.15) is 40.9 Å². The highest BCUT2D eigenvalue weighted by molar-refractivity contribution is 7.92. The third-order valence-electron chi connectivity index (χ3n) is 5.09. The molecule has 0 aliphatic rings. The molecule has 1 atom stereocenters. The molecule has 0 saturated heterocycles. The zero-order valence-corrected chi connectivity index (χ0v) is 18.2. The number of rotatable bonds is 7. The molecule has 0 unspecified atom stereocenters. The molecule has 0 bridgehead atoms. The van der Waals surface area contributed by atoms with Crippen molar-refractivity contribution >= 4 is 21.6 Å². The summed E-state index contributed by atoms with van der Waals surface area (Å²) in [5.74, 6) is -0.193. The normalized spacial score (nSPS) is 12.2. The van der Waals surface area contributed by atoms with Crippen LogP contribution in [0.3, 0.4) is 0 Å². The van der Waals surface area contributed by atoms with Gasteiger partial charge < -0.3 is 5.32 Å². The predicted molar refractivity (Wildman–Crippen MR) is 120 cm³/mol. The number of nitrogens with zero attached hydrogens (tertiary/aromatic N) is 1. The van der Waals surface area contributed by atoms with Crippen molar-refractivity contribution in [3.05, 3.63) is 95.6 Å². The highest BCUT2D eigenvalue weighted by Gasteiger charge is 2.21. The average Bonchev–Trinajstić information content (AvgIpc) is 2.77. The van der Waals surface area contributed by atoms with Crippen molar-refractivity contribution in [2.75, 3.05) is 11.4 Å². The van der Waals surface area contributed by atoms with Crippen molar-refractivity contribution < 1.29 is 13.2 Å². The summed E-state index contributed by atoms with van der Waals surface area (Å²) in [6.07, 6.45) is 0.769. The monoisotopic (exact) mass is 422 g/mol. The molecule has 6 heteroatoms. The van der Waals surface area contributed by atoms with Gasteiger partial charge in [0, 0.05) is 12.6 Å². The Morgan fingerprint density at radius 3 is 2.10 bits per heavy atom. The molecule has 0 fully saturated rings. The van der Waals surface area contributed by atoms with Gasteiger partial charge in [-0.15, -0.1) is 0 Å². The number of benzene rings is 3. The summed E-state index contributed by atoms with van der Waals surface area (Å²) in [6, 6.07) is 23.0. The Labute approximate surface area is 178 Å². The minimum Gasteiger partial charge on any atom is -0.345 e. The molecule has 0 heterocycles. The first-order valence-corrected chi connectivity index (χ1v) is 11.3. The van der Waals surface area contributed by atoms with E-state index in [4.69, 9.17) is 0 Å². The van der Waals surface area contributed by atoms with Crippen LogP contribution in [0.15, 0.2) is 83.8 Å². The molecule has 1 N–H and O–H groups in total. The maximum absolute atomic E-state index is 12.9. The lowest BCUT2D eigenvalue weighted by atomic mass is 10.0. The zero-order chi connectivity index (χ0) is 21.7. The Kier molecular flexibility index (Phi) is 6.57. The number of carbonyl (C=O) groups is 1. The van der Waals surface area contributed by atoms with Gasteiger partial charge in [0.2, 0.25) is 0 Å². The van der Waals surface area contributed by atoms with Gasteiger partial charge in [-0.25, -0.2) is 8.42 Å². The van der Waals surface area contributed by atoms with Gasteiger partial charge in [-0.3, -0.25) is 9.10 Å². The SMILES string of the molecule is CC[C@@H](NC(=O)c1ccc(N(C)S(=O)(=O)c2ccc(C)cc2)cc1)c1ccccc1. The van der Waals surface area contributed by atoms with E-state index in [2.05, 4.69) is 5.32 Å². The van der Waals surface area contributed by atoms with Crippen molar-refractivity contribution in [2.45, 2.75) is 31.2 Å². The molecular weight excluding hydrogens is 396 g/mol. The topological polar surface area (TPSA) is 66.5 Å². The second-order valence-electron chi connectivity index (χ2n) is 7.18. The number of amides is 1. The molecule has 0 saturated carbocycles. The van der Waals surface area contributed by atoms with Crippen molar-refractivity contribution in [2.24, 2.45) is 0 Å². The van der Waals surface area contributed by atoms with Crippen molar-refractivity contribution in [1.29, 1.82) is 0 Å². The molecular formula is C24H26N2O3S. The number of anilines is 1. The molecule has 1 amide bonds. The summed E-state index contributed by atoms with van der Waals surface area (Å²) in [4.78, 5) is 12.9. The largest absolute Gasteiger partial charge is 0.345 e. The second kappa shape index (κ2) is 9.13. The van der Waals surface area contributed by atoms with Crippen LogP contribution in [-0.2, 0) is 10.0 Å². The molecule has 156 valence electrons. The fourth-order valence-electron chi connectivity index (χ4n) is 3.18. The Bertz CT molecular complexity index is 1090. The molecule has 3 aromatic rings. The van der Waals surface area contributed by atoms with E-state index in [1.807, 2.05) is 44.2 Å². The summed E-state index contributed by atoms with van der Waals surface area (Å²) < 4.78 is 26.9. The number of nitrogens with one attached hydrogen (secondary N) is 1. The van der Waals surface area contributed by atoms with Gasteiger partial charge >= 0.3 is 0 Å². The highest BCUT2D eigenvalue weighted by atomic mass is 32.2. The third-order valence-corrected chi connectivity index (χ3v) is 6.89. The first-order chi connectivity index (χ1) is 14.3. The van der Waals surface area contributed by atoms with Gasteiger partial charge in [0.1, 0.15) is 0 Å². The fourth-order valence-corrected chi connectivity index (χ4v) is 4.37. The van der Waals surface area contributed by atoms with Crippen LogP contribution in [0.25, 0.3) is 0 Å². The average molecular weight is 423 g/mol. The van der Waals surface area contributed by atoms with Crippen LogP contribution in [0.5, 0.6) is 0 Å². The molecule has 0 radical (unpaired) electrons. The van der Waals surface area contributed by atoms with Crippen LogP contribution in [-0.4, -0.2) is 21.4 Å². The molecule has 3 aromatic carbocycles. The van der Waals surface area contributed by atoms with Crippen LogP contribution in [0.2, 0.25) is 0 Å². The Morgan fingerprint density at radius 2 is 1.53 bits per heavy atom. The van der Waals surface area contributed by atoms with Gasteiger partial charge in [0.25, 0.3) is 15.9 Å². The summed E-state index contributed by atoms with van der Waals surface area (Å²) >= 11 is 0. The molecule has 0 aliphatic carbocycles. The molecule has 0 aliphatic heterocycles. The molecule has 5 nitrogen and oxygen atoms in total. The number of aryl methyl sites for hydroxylation is 1. The summed E-state index contributed by atoms with van der Waals surface area (Å²) in [5, 5.41) is 3.04. The van der Waals surface area contributed by atoms with E-state index in [9.17, 15) is 13.2 Å². The van der Waals surface area contributed by atoms with E-state index < -0.39 is 10.0 Å². The minimum absolute atomic E-state index is 0.0806. The highest BCUT2D eigenvalue weighted by Crippen LogP contribution is 2.23. The van der Waals surface area contributed by atoms with Crippen LogP contribution in [0.4, 0.5) is 5.69 Å². The lowest BCUT2D eigenvalue weighted by molar-refractivity contribution is 0.0935. The number of hydrogen-bond acceptors (Lipinski definition) is 3. The van der Waals surface area contributed by atoms with E-state index in [-0.39, 0.29) is 16.8 Å². The summed E-state index contributed by atoms with van der Waals surface area (Å²) in [6.45, 7) is 3.93. The Hall–Kier alpha value is -3.12. The van der Waals surface area contributed by atoms with Gasteiger partial charge in [-0.05, 0) is 55.3 Å². The third kappa shape index (κ3) is 4.71. The maximum Gasteiger partial charge on any atom is 0.264 e. The summed E-state index contributed by atoms with van der Waals surface area (Å²) in [5.41, 5.74) is 3.01. The van der Waals surface area contributed by atoms with Crippen molar-refractivity contribution in [3.8, 4) is 0 Å². The standard InChI is InChI=1S/C24H26N2O3S/c1-4-23(19-8-6-5-7-9-19)25-24(27)20-12-14-21(15-13-20)26(3)30(28,29)22-16-10-18(2)11-17-22/h5-17,23H,4H2,1-3H3,(H,25,27)/t23-/m1/s1. The van der Waals surface area contributed by atoms with Gasteiger partial charge in [-0.1, -0.05) is 55.0 Å². The van der Waals surface area contributed by atoms with Crippen LogP contribution in [0, 0.1) is 6.92 Å². The van der Waals surface area contributed by atoms with Gasteiger partial charge in [0.15, 0.2) is 0 Å². The van der Waals surface area contributed by atoms with Crippen LogP contribution < -0.4 is 9.62 Å². The lowest BCUT2D eigenvalue weighted by Gasteiger charge is -2.20. The number of hydrogen-bond donors (Lipinski definition) is 1. The molecule has 30 heavy (non-hydrogen) atoms. The first kappa shape index (κ1) is 21.6. The van der Waals surface area contributed by atoms with Gasteiger partial charge in [0.05, 0.1) is 16.6 Å². The number of sulfonamides is 1. The van der Waals surface area contributed by atoms with Crippen molar-refractivity contribution in [1.82, 2.24) is 5.32 Å². The maximum atomic E-state index is 12.9. The molecule has 0 aromatic heterocycles. The lowest BCUT2D eigenvalue weighted by Crippen LogP contribution is -2.28. The minimum atomic E-state index is -3.67. The Balaban J connectivity index is 1.75. The van der Waals surface area contributed by atoms with Gasteiger partial charge in [-0.2, -0.15) is 0 Å². The molecule has 3 rings (SSSR count). The van der Waals surface area contributed by atoms with E-state index in [1.54, 1.807) is 48.5 Å². The predicted octanol–water partition coefficient (Wildman–Crippen LogP) is 4.70. The van der Waals surface area contributed by atoms with E-state index in [0.29, 0.717) is 11.3 Å². The van der Waals surface area contributed by atoms with Crippen LogP contribution >= 0.6 is 0 Å². The zero-order valence-electron chi connectivity index (χ0n) is 17.4. The van der Waals surface area contributed by atoms with E-state index in [1.165, 1.54) is 11.4 Å². The summed E-state index contributed by atoms with van der Waals surface area (Å²) in [7, 11) is -2.16. The quantitative estimate of drug-likeness (QED) is 0.600. The van der Waals surface area contributed by atoms with E-state index >= 15 is 0 Å². The van der Waals surface area contributed by atoms with Crippen molar-refractivity contribution in [3.63, 3.8) is 0 Å². The fraction of sp³-hybridized carbons (Fsp3) is 0.208. The van der Waals surface area contributed by atoms with E-state index in [0.717, 1.165) is 17.5 Å². The smallest absolute Gasteiger partial charge is 0.264 e.